The minimum Gasteiger partial charge on any atom is -0.379 e. The van der Waals surface area contributed by atoms with Crippen molar-refractivity contribution in [3.05, 3.63) is 18.1 Å². The molecule has 2 N–H and O–H groups in total. The Bertz CT molecular complexity index is 460. The quantitative estimate of drug-likeness (QED) is 0.788. The smallest absolute Gasteiger partial charge is 0.270 e. The van der Waals surface area contributed by atoms with Crippen LogP contribution in [-0.2, 0) is 4.74 Å². The third-order valence-corrected chi connectivity index (χ3v) is 3.15. The molecule has 1 amide bonds. The molecule has 1 aromatic rings. The van der Waals surface area contributed by atoms with Crippen molar-refractivity contribution in [1.29, 1.82) is 0 Å². The molecule has 2 heterocycles. The molecule has 21 heavy (non-hydrogen) atoms. The van der Waals surface area contributed by atoms with E-state index in [0.717, 1.165) is 32.8 Å². The SMILES string of the molecule is CC(C)Nc1cc(C(=O)NCCN2CCOCC2)ncn1. The molecule has 0 spiro atoms. The highest BCUT2D eigenvalue weighted by atomic mass is 16.5. The molecule has 0 aliphatic carbocycles. The number of nitrogens with one attached hydrogen (secondary N) is 2. The van der Waals surface area contributed by atoms with Gasteiger partial charge in [-0.05, 0) is 13.8 Å². The largest absolute Gasteiger partial charge is 0.379 e. The van der Waals surface area contributed by atoms with Crippen molar-refractivity contribution < 1.29 is 9.53 Å². The average Bonchev–Trinajstić information content (AvgIpc) is 2.48. The first kappa shape index (κ1) is 15.7. The Morgan fingerprint density at radius 1 is 1.38 bits per heavy atom. The third kappa shape index (κ3) is 5.28. The van der Waals surface area contributed by atoms with E-state index in [1.54, 1.807) is 6.07 Å². The van der Waals surface area contributed by atoms with Crippen LogP contribution in [0, 0.1) is 0 Å². The molecule has 1 aliphatic rings. The fourth-order valence-corrected chi connectivity index (χ4v) is 2.10. The Morgan fingerprint density at radius 3 is 2.86 bits per heavy atom. The number of carbonyl (C=O) groups is 1. The number of ether oxygens (including phenoxy) is 1. The molecular formula is C14H23N5O2. The van der Waals surface area contributed by atoms with E-state index in [0.29, 0.717) is 18.1 Å². The van der Waals surface area contributed by atoms with E-state index < -0.39 is 0 Å². The summed E-state index contributed by atoms with van der Waals surface area (Å²) in [5, 5.41) is 6.04. The minimum atomic E-state index is -0.169. The summed E-state index contributed by atoms with van der Waals surface area (Å²) in [6.07, 6.45) is 1.40. The first-order valence-electron chi connectivity index (χ1n) is 7.32. The number of anilines is 1. The lowest BCUT2D eigenvalue weighted by Crippen LogP contribution is -2.41. The molecule has 0 aromatic carbocycles. The third-order valence-electron chi connectivity index (χ3n) is 3.15. The van der Waals surface area contributed by atoms with Gasteiger partial charge in [0.05, 0.1) is 13.2 Å². The van der Waals surface area contributed by atoms with Crippen LogP contribution in [0.1, 0.15) is 24.3 Å². The highest BCUT2D eigenvalue weighted by Gasteiger charge is 2.12. The molecular weight excluding hydrogens is 270 g/mol. The van der Waals surface area contributed by atoms with Crippen molar-refractivity contribution >= 4 is 11.7 Å². The van der Waals surface area contributed by atoms with Gasteiger partial charge < -0.3 is 15.4 Å². The molecule has 1 saturated heterocycles. The van der Waals surface area contributed by atoms with Crippen molar-refractivity contribution in [2.45, 2.75) is 19.9 Å². The van der Waals surface area contributed by atoms with Gasteiger partial charge in [0.2, 0.25) is 0 Å². The van der Waals surface area contributed by atoms with Gasteiger partial charge in [0.25, 0.3) is 5.91 Å². The van der Waals surface area contributed by atoms with Gasteiger partial charge >= 0.3 is 0 Å². The highest BCUT2D eigenvalue weighted by Crippen LogP contribution is 2.05. The van der Waals surface area contributed by atoms with E-state index in [1.807, 2.05) is 13.8 Å². The standard InChI is InChI=1S/C14H23N5O2/c1-11(2)18-13-9-12(16-10-17-13)14(20)15-3-4-19-5-7-21-8-6-19/h9-11H,3-8H2,1-2H3,(H,15,20)(H,16,17,18). The van der Waals surface area contributed by atoms with Gasteiger partial charge in [0.1, 0.15) is 17.8 Å². The van der Waals surface area contributed by atoms with E-state index in [4.69, 9.17) is 4.74 Å². The number of nitrogens with zero attached hydrogens (tertiary/aromatic N) is 3. The van der Waals surface area contributed by atoms with Crippen molar-refractivity contribution in [1.82, 2.24) is 20.2 Å². The molecule has 7 heteroatoms. The predicted molar refractivity (Wildman–Crippen MR) is 80.4 cm³/mol. The summed E-state index contributed by atoms with van der Waals surface area (Å²) in [6, 6.07) is 1.93. The lowest BCUT2D eigenvalue weighted by Gasteiger charge is -2.26. The van der Waals surface area contributed by atoms with E-state index in [-0.39, 0.29) is 11.9 Å². The first-order valence-corrected chi connectivity index (χ1v) is 7.32. The molecule has 0 radical (unpaired) electrons. The second-order valence-electron chi connectivity index (χ2n) is 5.30. The molecule has 1 fully saturated rings. The highest BCUT2D eigenvalue weighted by molar-refractivity contribution is 5.92. The summed E-state index contributed by atoms with van der Waals surface area (Å²) in [4.78, 5) is 22.4. The summed E-state index contributed by atoms with van der Waals surface area (Å²) in [7, 11) is 0. The fourth-order valence-electron chi connectivity index (χ4n) is 2.10. The van der Waals surface area contributed by atoms with Gasteiger partial charge in [0.15, 0.2) is 0 Å². The van der Waals surface area contributed by atoms with Crippen LogP contribution in [0.4, 0.5) is 5.82 Å². The zero-order chi connectivity index (χ0) is 15.1. The number of hydrogen-bond donors (Lipinski definition) is 2. The van der Waals surface area contributed by atoms with Crippen molar-refractivity contribution in [3.63, 3.8) is 0 Å². The summed E-state index contributed by atoms with van der Waals surface area (Å²) in [5.74, 6) is 0.496. The summed E-state index contributed by atoms with van der Waals surface area (Å²) in [5.41, 5.74) is 0.384. The van der Waals surface area contributed by atoms with E-state index in [2.05, 4.69) is 25.5 Å². The minimum absolute atomic E-state index is 0.169. The maximum Gasteiger partial charge on any atom is 0.270 e. The Hall–Kier alpha value is -1.73. The number of carbonyl (C=O) groups excluding carboxylic acids is 1. The molecule has 7 nitrogen and oxygen atoms in total. The first-order chi connectivity index (χ1) is 10.1. The lowest BCUT2D eigenvalue weighted by atomic mass is 10.3. The van der Waals surface area contributed by atoms with Crippen molar-refractivity contribution in [2.24, 2.45) is 0 Å². The molecule has 2 rings (SSSR count). The summed E-state index contributed by atoms with van der Waals surface area (Å²) in [6.45, 7) is 8.85. The van der Waals surface area contributed by atoms with Crippen molar-refractivity contribution in [2.75, 3.05) is 44.7 Å². The molecule has 1 aliphatic heterocycles. The average molecular weight is 293 g/mol. The Labute approximate surface area is 125 Å². The molecule has 0 bridgehead atoms. The second-order valence-corrected chi connectivity index (χ2v) is 5.30. The Balaban J connectivity index is 1.79. The van der Waals surface area contributed by atoms with Crippen LogP contribution >= 0.6 is 0 Å². The summed E-state index contributed by atoms with van der Waals surface area (Å²) < 4.78 is 5.29. The summed E-state index contributed by atoms with van der Waals surface area (Å²) >= 11 is 0. The van der Waals surface area contributed by atoms with E-state index in [9.17, 15) is 4.79 Å². The number of morpholine rings is 1. The Morgan fingerprint density at radius 2 is 2.14 bits per heavy atom. The fraction of sp³-hybridized carbons (Fsp3) is 0.643. The maximum atomic E-state index is 12.1. The van der Waals surface area contributed by atoms with Gasteiger partial charge in [-0.15, -0.1) is 0 Å². The van der Waals surface area contributed by atoms with Gasteiger partial charge in [-0.25, -0.2) is 9.97 Å². The van der Waals surface area contributed by atoms with E-state index >= 15 is 0 Å². The molecule has 0 atom stereocenters. The van der Waals surface area contributed by atoms with E-state index in [1.165, 1.54) is 6.33 Å². The molecule has 116 valence electrons. The molecule has 1 aromatic heterocycles. The zero-order valence-electron chi connectivity index (χ0n) is 12.6. The second kappa shape index (κ2) is 7.90. The van der Waals surface area contributed by atoms with Gasteiger partial charge in [-0.1, -0.05) is 0 Å². The van der Waals surface area contributed by atoms with Crippen LogP contribution in [0.15, 0.2) is 12.4 Å². The Kier molecular flexibility index (Phi) is 5.89. The normalized spacial score (nSPS) is 16.0. The molecule has 0 unspecified atom stereocenters. The monoisotopic (exact) mass is 293 g/mol. The van der Waals surface area contributed by atoms with Crippen molar-refractivity contribution in [3.8, 4) is 0 Å². The lowest BCUT2D eigenvalue weighted by molar-refractivity contribution is 0.0383. The van der Waals surface area contributed by atoms with Crippen LogP contribution in [-0.4, -0.2) is 66.2 Å². The number of rotatable bonds is 6. The molecule has 0 saturated carbocycles. The van der Waals surface area contributed by atoms with Gasteiger partial charge in [-0.3, -0.25) is 9.69 Å². The predicted octanol–water partition coefficient (Wildman–Crippen LogP) is 0.359. The topological polar surface area (TPSA) is 79.4 Å². The van der Waals surface area contributed by atoms with Crippen LogP contribution in [0.3, 0.4) is 0 Å². The van der Waals surface area contributed by atoms with Crippen LogP contribution in [0.2, 0.25) is 0 Å². The number of amides is 1. The van der Waals surface area contributed by atoms with Crippen LogP contribution in [0.5, 0.6) is 0 Å². The van der Waals surface area contributed by atoms with Gasteiger partial charge in [-0.2, -0.15) is 0 Å². The maximum absolute atomic E-state index is 12.1. The number of aromatic nitrogens is 2. The number of hydrogen-bond acceptors (Lipinski definition) is 6. The van der Waals surface area contributed by atoms with Gasteiger partial charge in [0, 0.05) is 38.3 Å². The zero-order valence-corrected chi connectivity index (χ0v) is 12.6. The van der Waals surface area contributed by atoms with Crippen LogP contribution in [0.25, 0.3) is 0 Å². The van der Waals surface area contributed by atoms with Crippen LogP contribution < -0.4 is 10.6 Å².